The Kier molecular flexibility index (Phi) is 7.14. The summed E-state index contributed by atoms with van der Waals surface area (Å²) in [5, 5.41) is 15.2. The van der Waals surface area contributed by atoms with Gasteiger partial charge in [0.15, 0.2) is 0 Å². The third-order valence-electron chi connectivity index (χ3n) is 14.9. The summed E-state index contributed by atoms with van der Waals surface area (Å²) in [6.07, 6.45) is 11.1. The Morgan fingerprint density at radius 2 is 1.61 bits per heavy atom. The number of rotatable bonds is 4. The molecule has 41 heavy (non-hydrogen) atoms. The SMILES string of the molecule is C=C(C)[C@@H]1CC[C@]2(C(=O)NCc3ccc(Cl)cc3)CC[C@]3(C)C(CCC4[C@@]5(C)CC[C@H](O)C(C)(C)C5CC[C@]43C)C12. The van der Waals surface area contributed by atoms with Crippen LogP contribution in [-0.4, -0.2) is 17.1 Å². The van der Waals surface area contributed by atoms with Gasteiger partial charge >= 0.3 is 0 Å². The van der Waals surface area contributed by atoms with Gasteiger partial charge < -0.3 is 10.4 Å². The molecule has 0 bridgehead atoms. The minimum absolute atomic E-state index is 0.0214. The molecule has 4 heteroatoms. The lowest BCUT2D eigenvalue weighted by Crippen LogP contribution is -2.67. The van der Waals surface area contributed by atoms with E-state index in [0.717, 1.165) is 49.1 Å². The summed E-state index contributed by atoms with van der Waals surface area (Å²) in [5.74, 6) is 2.87. The molecular weight excluding hydrogens is 526 g/mol. The first-order valence-corrected chi connectivity index (χ1v) is 16.9. The fourth-order valence-corrected chi connectivity index (χ4v) is 12.6. The maximum absolute atomic E-state index is 14.3. The van der Waals surface area contributed by atoms with Gasteiger partial charge in [-0.25, -0.2) is 0 Å². The second-order valence-corrected chi connectivity index (χ2v) is 17.0. The standard InChI is InChI=1S/C37H54ClNO2/c1-23(2)26-14-19-37(32(41)39-22-24-8-10-25(38)11-9-24)21-20-35(6)27(31(26)37)12-13-29-34(5)17-16-30(40)33(3,4)28(34)15-18-36(29,35)7/h8-11,26-31,40H,1,12-22H2,2-7H3,(H,39,41)/t26-,27?,28?,29?,30-,31?,34-,35+,36+,37-/m0/s1. The van der Waals surface area contributed by atoms with E-state index in [1.807, 2.05) is 24.3 Å². The number of hydrogen-bond acceptors (Lipinski definition) is 2. The van der Waals surface area contributed by atoms with Crippen LogP contribution in [0, 0.1) is 56.7 Å². The Hall–Kier alpha value is -1.32. The van der Waals surface area contributed by atoms with Crippen molar-refractivity contribution in [1.29, 1.82) is 0 Å². The average Bonchev–Trinajstić information content (AvgIpc) is 3.32. The van der Waals surface area contributed by atoms with Gasteiger partial charge in [-0.2, -0.15) is 0 Å². The van der Waals surface area contributed by atoms with Crippen LogP contribution >= 0.6 is 11.6 Å². The number of hydrogen-bond donors (Lipinski definition) is 2. The number of carbonyl (C=O) groups excluding carboxylic acids is 1. The van der Waals surface area contributed by atoms with Gasteiger partial charge in [0.25, 0.3) is 0 Å². The molecule has 2 N–H and O–H groups in total. The van der Waals surface area contributed by atoms with Gasteiger partial charge in [-0.05, 0) is 140 Å². The van der Waals surface area contributed by atoms with Gasteiger partial charge in [-0.15, -0.1) is 0 Å². The van der Waals surface area contributed by atoms with Gasteiger partial charge in [0.1, 0.15) is 0 Å². The van der Waals surface area contributed by atoms with Crippen molar-refractivity contribution in [3.63, 3.8) is 0 Å². The molecule has 3 nitrogen and oxygen atoms in total. The lowest BCUT2D eigenvalue weighted by Gasteiger charge is -2.72. The number of carbonyl (C=O) groups is 1. The maximum Gasteiger partial charge on any atom is 0.226 e. The van der Waals surface area contributed by atoms with Crippen LogP contribution in [-0.2, 0) is 11.3 Å². The van der Waals surface area contributed by atoms with Crippen molar-refractivity contribution in [3.8, 4) is 0 Å². The van der Waals surface area contributed by atoms with Crippen molar-refractivity contribution >= 4 is 17.5 Å². The lowest BCUT2D eigenvalue weighted by atomic mass is 9.32. The van der Waals surface area contributed by atoms with Crippen molar-refractivity contribution in [2.24, 2.45) is 56.7 Å². The Bertz CT molecular complexity index is 1210. The summed E-state index contributed by atoms with van der Waals surface area (Å²) >= 11 is 6.11. The summed E-state index contributed by atoms with van der Waals surface area (Å²) in [6.45, 7) is 19.8. The first kappa shape index (κ1) is 29.7. The van der Waals surface area contributed by atoms with E-state index in [4.69, 9.17) is 11.6 Å². The minimum atomic E-state index is -0.290. The second kappa shape index (κ2) is 9.85. The Morgan fingerprint density at radius 1 is 0.902 bits per heavy atom. The number of aliphatic hydroxyl groups excluding tert-OH is 1. The highest BCUT2D eigenvalue weighted by molar-refractivity contribution is 6.30. The van der Waals surface area contributed by atoms with E-state index in [1.54, 1.807) is 0 Å². The van der Waals surface area contributed by atoms with E-state index in [9.17, 15) is 9.90 Å². The second-order valence-electron chi connectivity index (χ2n) is 16.5. The Morgan fingerprint density at radius 3 is 2.29 bits per heavy atom. The van der Waals surface area contributed by atoms with Crippen LogP contribution in [0.25, 0.3) is 0 Å². The summed E-state index contributed by atoms with van der Waals surface area (Å²) in [6, 6.07) is 7.86. The molecule has 6 rings (SSSR count). The number of nitrogens with one attached hydrogen (secondary N) is 1. The molecule has 0 spiro atoms. The predicted molar refractivity (Wildman–Crippen MR) is 168 cm³/mol. The number of benzene rings is 1. The van der Waals surface area contributed by atoms with E-state index in [1.165, 1.54) is 31.3 Å². The van der Waals surface area contributed by atoms with Crippen molar-refractivity contribution in [2.75, 3.05) is 0 Å². The zero-order valence-corrected chi connectivity index (χ0v) is 27.2. The van der Waals surface area contributed by atoms with Crippen LogP contribution in [0.4, 0.5) is 0 Å². The van der Waals surface area contributed by atoms with Crippen molar-refractivity contribution in [2.45, 2.75) is 118 Å². The van der Waals surface area contributed by atoms with Crippen molar-refractivity contribution in [1.82, 2.24) is 5.32 Å². The molecular formula is C37H54ClNO2. The normalized spacial score (nSPS) is 46.4. The van der Waals surface area contributed by atoms with Crippen LogP contribution in [0.3, 0.4) is 0 Å². The largest absolute Gasteiger partial charge is 0.393 e. The lowest BCUT2D eigenvalue weighted by molar-refractivity contribution is -0.246. The predicted octanol–water partition coefficient (Wildman–Crippen LogP) is 8.97. The van der Waals surface area contributed by atoms with E-state index in [0.29, 0.717) is 36.1 Å². The fourth-order valence-electron chi connectivity index (χ4n) is 12.5. The third kappa shape index (κ3) is 4.10. The van der Waals surface area contributed by atoms with Crippen LogP contribution in [0.15, 0.2) is 36.4 Å². The maximum atomic E-state index is 14.3. The highest BCUT2D eigenvalue weighted by Gasteiger charge is 2.71. The summed E-state index contributed by atoms with van der Waals surface area (Å²) < 4.78 is 0. The molecule has 0 heterocycles. The molecule has 1 aromatic rings. The van der Waals surface area contributed by atoms with Gasteiger partial charge in [0, 0.05) is 11.6 Å². The molecule has 0 aromatic heterocycles. The molecule has 0 saturated heterocycles. The molecule has 226 valence electrons. The van der Waals surface area contributed by atoms with E-state index < -0.39 is 0 Å². The highest BCUT2D eigenvalue weighted by Crippen LogP contribution is 2.77. The molecule has 0 aliphatic heterocycles. The zero-order chi connectivity index (χ0) is 29.6. The monoisotopic (exact) mass is 579 g/mol. The number of halogens is 1. The third-order valence-corrected chi connectivity index (χ3v) is 15.1. The number of amides is 1. The van der Waals surface area contributed by atoms with E-state index >= 15 is 0 Å². The fraction of sp³-hybridized carbons (Fsp3) is 0.757. The molecule has 10 atom stereocenters. The summed E-state index contributed by atoms with van der Waals surface area (Å²) in [4.78, 5) is 14.3. The quantitative estimate of drug-likeness (QED) is 0.350. The first-order valence-electron chi connectivity index (χ1n) is 16.6. The van der Waals surface area contributed by atoms with Gasteiger partial charge in [0.05, 0.1) is 11.5 Å². The van der Waals surface area contributed by atoms with E-state index in [2.05, 4.69) is 53.4 Å². The molecule has 5 fully saturated rings. The number of fused-ring (bicyclic) bond motifs is 7. The van der Waals surface area contributed by atoms with Crippen LogP contribution in [0.5, 0.6) is 0 Å². The zero-order valence-electron chi connectivity index (χ0n) is 26.5. The molecule has 1 amide bonds. The van der Waals surface area contributed by atoms with Crippen molar-refractivity contribution < 1.29 is 9.90 Å². The molecule has 5 aliphatic carbocycles. The van der Waals surface area contributed by atoms with Gasteiger partial charge in [-0.1, -0.05) is 70.5 Å². The molecule has 0 radical (unpaired) electrons. The van der Waals surface area contributed by atoms with Crippen LogP contribution in [0.1, 0.15) is 111 Å². The van der Waals surface area contributed by atoms with Crippen LogP contribution < -0.4 is 5.32 Å². The number of aliphatic hydroxyl groups is 1. The smallest absolute Gasteiger partial charge is 0.226 e. The molecule has 5 saturated carbocycles. The Balaban J connectivity index is 1.32. The average molecular weight is 580 g/mol. The summed E-state index contributed by atoms with van der Waals surface area (Å²) in [5.41, 5.74) is 2.81. The first-order chi connectivity index (χ1) is 19.2. The van der Waals surface area contributed by atoms with Crippen molar-refractivity contribution in [3.05, 3.63) is 47.0 Å². The highest BCUT2D eigenvalue weighted by atomic mass is 35.5. The molecule has 4 unspecified atom stereocenters. The van der Waals surface area contributed by atoms with Gasteiger partial charge in [-0.3, -0.25) is 4.79 Å². The summed E-state index contributed by atoms with van der Waals surface area (Å²) in [7, 11) is 0. The number of allylic oxidation sites excluding steroid dienone is 1. The van der Waals surface area contributed by atoms with Gasteiger partial charge in [0.2, 0.25) is 5.91 Å². The molecule has 5 aliphatic rings. The van der Waals surface area contributed by atoms with E-state index in [-0.39, 0.29) is 39.1 Å². The van der Waals surface area contributed by atoms with Crippen LogP contribution in [0.2, 0.25) is 5.02 Å². The Labute approximate surface area is 254 Å². The minimum Gasteiger partial charge on any atom is -0.393 e. The molecule has 1 aromatic carbocycles. The topological polar surface area (TPSA) is 49.3 Å².